The molecule has 1 atom stereocenters. The molecule has 3 heteroatoms. The van der Waals surface area contributed by atoms with E-state index in [-0.39, 0.29) is 6.04 Å². The molecule has 2 aromatic rings. The summed E-state index contributed by atoms with van der Waals surface area (Å²) in [6.45, 7) is 7.55. The number of rotatable bonds is 4. The number of fused-ring (bicyclic) bond motifs is 1. The number of nitrogens with two attached hydrogens (primary N) is 1. The molecule has 0 radical (unpaired) electrons. The Hall–Kier alpha value is -1.32. The third-order valence-electron chi connectivity index (χ3n) is 5.30. The van der Waals surface area contributed by atoms with Gasteiger partial charge in [0.05, 0.1) is 6.04 Å². The van der Waals surface area contributed by atoms with Gasteiger partial charge in [-0.1, -0.05) is 38.5 Å². The van der Waals surface area contributed by atoms with E-state index in [1.807, 2.05) is 18.2 Å². The van der Waals surface area contributed by atoms with Crippen LogP contribution in [0.5, 0.6) is 0 Å². The van der Waals surface area contributed by atoms with Crippen molar-refractivity contribution >= 4 is 11.0 Å². The summed E-state index contributed by atoms with van der Waals surface area (Å²) in [5.74, 6) is 1.01. The highest BCUT2D eigenvalue weighted by molar-refractivity contribution is 5.77. The molecule has 1 aliphatic rings. The molecule has 1 aliphatic heterocycles. The lowest BCUT2D eigenvalue weighted by molar-refractivity contribution is 0.0755. The molecule has 2 N–H and O–H groups in total. The van der Waals surface area contributed by atoms with E-state index in [1.54, 1.807) is 0 Å². The van der Waals surface area contributed by atoms with Crippen molar-refractivity contribution in [3.8, 4) is 0 Å². The fourth-order valence-corrected chi connectivity index (χ4v) is 3.34. The summed E-state index contributed by atoms with van der Waals surface area (Å²) in [5, 5.41) is 1.17. The number of hydrogen-bond donors (Lipinski definition) is 1. The maximum absolute atomic E-state index is 6.06. The van der Waals surface area contributed by atoms with Gasteiger partial charge in [0.25, 0.3) is 0 Å². The molecule has 1 saturated heterocycles. The summed E-state index contributed by atoms with van der Waals surface area (Å²) < 4.78 is 6.03. The summed E-state index contributed by atoms with van der Waals surface area (Å²) >= 11 is 0. The molecule has 3 rings (SSSR count). The zero-order valence-electron chi connectivity index (χ0n) is 13.1. The van der Waals surface area contributed by atoms with E-state index >= 15 is 0 Å². The fraction of sp³-hybridized carbons (Fsp3) is 0.556. The average molecular weight is 286 g/mol. The smallest absolute Gasteiger partial charge is 0.134 e. The minimum atomic E-state index is 0.207. The molecule has 0 amide bonds. The lowest BCUT2D eigenvalue weighted by Crippen LogP contribution is -2.42. The van der Waals surface area contributed by atoms with Crippen LogP contribution in [0.1, 0.15) is 44.9 Å². The monoisotopic (exact) mass is 286 g/mol. The topological polar surface area (TPSA) is 42.4 Å². The van der Waals surface area contributed by atoms with Gasteiger partial charge in [-0.25, -0.2) is 0 Å². The second-order valence-corrected chi connectivity index (χ2v) is 6.64. The van der Waals surface area contributed by atoms with E-state index in [0.717, 1.165) is 24.4 Å². The van der Waals surface area contributed by atoms with Gasteiger partial charge in [0, 0.05) is 11.9 Å². The predicted octanol–water partition coefficient (Wildman–Crippen LogP) is 3.94. The first kappa shape index (κ1) is 14.6. The summed E-state index contributed by atoms with van der Waals surface area (Å²) in [6.07, 6.45) is 3.76. The largest absolute Gasteiger partial charge is 0.459 e. The van der Waals surface area contributed by atoms with Crippen LogP contribution in [0.15, 0.2) is 34.7 Å². The molecule has 2 heterocycles. The quantitative estimate of drug-likeness (QED) is 0.925. The maximum Gasteiger partial charge on any atom is 0.134 e. The highest BCUT2D eigenvalue weighted by atomic mass is 16.3. The van der Waals surface area contributed by atoms with Gasteiger partial charge in [0.15, 0.2) is 0 Å². The number of benzene rings is 1. The highest BCUT2D eigenvalue weighted by Gasteiger charge is 2.32. The van der Waals surface area contributed by atoms with Crippen LogP contribution in [0, 0.1) is 5.41 Å². The molecule has 0 bridgehead atoms. The first-order valence-electron chi connectivity index (χ1n) is 8.08. The molecule has 1 unspecified atom stereocenters. The van der Waals surface area contributed by atoms with Crippen LogP contribution >= 0.6 is 0 Å². The molecule has 1 fully saturated rings. The number of piperidine rings is 1. The van der Waals surface area contributed by atoms with Crippen molar-refractivity contribution in [3.05, 3.63) is 36.1 Å². The van der Waals surface area contributed by atoms with E-state index in [4.69, 9.17) is 10.2 Å². The Morgan fingerprint density at radius 1 is 1.29 bits per heavy atom. The van der Waals surface area contributed by atoms with Gasteiger partial charge in [-0.15, -0.1) is 0 Å². The molecule has 114 valence electrons. The van der Waals surface area contributed by atoms with Crippen molar-refractivity contribution < 1.29 is 4.42 Å². The van der Waals surface area contributed by atoms with Crippen LogP contribution in [0.2, 0.25) is 0 Å². The Balaban J connectivity index is 1.79. The number of hydrogen-bond acceptors (Lipinski definition) is 3. The fourth-order valence-electron chi connectivity index (χ4n) is 3.34. The molecule has 0 aliphatic carbocycles. The van der Waals surface area contributed by atoms with Gasteiger partial charge < -0.3 is 10.2 Å². The van der Waals surface area contributed by atoms with Crippen LogP contribution in [0.3, 0.4) is 0 Å². The Kier molecular flexibility index (Phi) is 4.05. The molecule has 21 heavy (non-hydrogen) atoms. The van der Waals surface area contributed by atoms with Gasteiger partial charge in [-0.05, 0) is 43.5 Å². The van der Waals surface area contributed by atoms with Crippen LogP contribution in [-0.2, 0) is 0 Å². The van der Waals surface area contributed by atoms with Crippen LogP contribution in [0.25, 0.3) is 11.0 Å². The first-order chi connectivity index (χ1) is 10.1. The van der Waals surface area contributed by atoms with Crippen LogP contribution < -0.4 is 5.73 Å². The predicted molar refractivity (Wildman–Crippen MR) is 87.2 cm³/mol. The molecule has 0 saturated carbocycles. The number of likely N-dealkylation sites (tertiary alicyclic amines) is 1. The van der Waals surface area contributed by atoms with E-state index in [2.05, 4.69) is 30.9 Å². The van der Waals surface area contributed by atoms with Crippen molar-refractivity contribution in [3.63, 3.8) is 0 Å². The SMILES string of the molecule is CCC1(C)CCN(C(CN)c2cc3ccccc3o2)CC1. The summed E-state index contributed by atoms with van der Waals surface area (Å²) in [7, 11) is 0. The third-order valence-corrected chi connectivity index (χ3v) is 5.30. The summed E-state index contributed by atoms with van der Waals surface area (Å²) in [5.41, 5.74) is 7.52. The van der Waals surface area contributed by atoms with Crippen molar-refractivity contribution in [2.24, 2.45) is 11.1 Å². The maximum atomic E-state index is 6.06. The van der Waals surface area contributed by atoms with Crippen molar-refractivity contribution in [1.29, 1.82) is 0 Å². The number of furan rings is 1. The molecular weight excluding hydrogens is 260 g/mol. The van der Waals surface area contributed by atoms with E-state index in [1.165, 1.54) is 24.6 Å². The van der Waals surface area contributed by atoms with Crippen molar-refractivity contribution in [1.82, 2.24) is 4.90 Å². The van der Waals surface area contributed by atoms with Crippen LogP contribution in [0.4, 0.5) is 0 Å². The Bertz CT molecular complexity index is 563. The lowest BCUT2D eigenvalue weighted by Gasteiger charge is -2.41. The standard InChI is InChI=1S/C18H26N2O/c1-3-18(2)8-10-20(11-9-18)15(13-19)17-12-14-6-4-5-7-16(14)21-17/h4-7,12,15H,3,8-11,13,19H2,1-2H3. The second kappa shape index (κ2) is 5.82. The molecule has 3 nitrogen and oxygen atoms in total. The minimum absolute atomic E-state index is 0.207. The van der Waals surface area contributed by atoms with Crippen molar-refractivity contribution in [2.45, 2.75) is 39.2 Å². The zero-order valence-corrected chi connectivity index (χ0v) is 13.1. The first-order valence-corrected chi connectivity index (χ1v) is 8.08. The lowest BCUT2D eigenvalue weighted by atomic mass is 9.78. The van der Waals surface area contributed by atoms with Gasteiger partial charge in [-0.2, -0.15) is 0 Å². The highest BCUT2D eigenvalue weighted by Crippen LogP contribution is 2.37. The zero-order chi connectivity index (χ0) is 14.9. The average Bonchev–Trinajstić information content (AvgIpc) is 2.93. The van der Waals surface area contributed by atoms with Gasteiger partial charge in [0.2, 0.25) is 0 Å². The third kappa shape index (κ3) is 2.85. The Morgan fingerprint density at radius 3 is 2.62 bits per heavy atom. The van der Waals surface area contributed by atoms with Gasteiger partial charge >= 0.3 is 0 Å². The van der Waals surface area contributed by atoms with Gasteiger partial charge in [-0.3, -0.25) is 4.90 Å². The van der Waals surface area contributed by atoms with E-state index in [0.29, 0.717) is 12.0 Å². The molecule has 1 aromatic carbocycles. The summed E-state index contributed by atoms with van der Waals surface area (Å²) in [4.78, 5) is 2.50. The minimum Gasteiger partial charge on any atom is -0.459 e. The molecular formula is C18H26N2O. The van der Waals surface area contributed by atoms with Crippen molar-refractivity contribution in [2.75, 3.05) is 19.6 Å². The Morgan fingerprint density at radius 2 is 2.00 bits per heavy atom. The second-order valence-electron chi connectivity index (χ2n) is 6.64. The van der Waals surface area contributed by atoms with Gasteiger partial charge in [0.1, 0.15) is 11.3 Å². The molecule has 0 spiro atoms. The Labute approximate surface area is 127 Å². The molecule has 1 aromatic heterocycles. The van der Waals surface area contributed by atoms with E-state index in [9.17, 15) is 0 Å². The number of para-hydroxylation sites is 1. The van der Waals surface area contributed by atoms with Crippen LogP contribution in [-0.4, -0.2) is 24.5 Å². The number of nitrogens with zero attached hydrogens (tertiary/aromatic N) is 1. The normalized spacial score (nSPS) is 20.7. The van der Waals surface area contributed by atoms with E-state index < -0.39 is 0 Å². The summed E-state index contributed by atoms with van der Waals surface area (Å²) in [6, 6.07) is 10.5.